The van der Waals surface area contributed by atoms with E-state index >= 15 is 0 Å². The maximum Gasteiger partial charge on any atom is 0.319 e. The number of rotatable bonds is 3. The summed E-state index contributed by atoms with van der Waals surface area (Å²) >= 11 is 5.84. The average molecular weight is 348 g/mol. The van der Waals surface area contributed by atoms with Gasteiger partial charge in [0.25, 0.3) is 0 Å². The number of nitrogens with one attached hydrogen (secondary N) is 2. The first-order valence-electron chi connectivity index (χ1n) is 7.41. The van der Waals surface area contributed by atoms with Crippen LogP contribution in [-0.4, -0.2) is 24.5 Å². The summed E-state index contributed by atoms with van der Waals surface area (Å²) in [5.74, 6) is -0.605. The maximum absolute atomic E-state index is 13.5. The van der Waals surface area contributed by atoms with Crippen molar-refractivity contribution >= 4 is 34.9 Å². The lowest BCUT2D eigenvalue weighted by Crippen LogP contribution is -2.39. The Kier molecular flexibility index (Phi) is 4.66. The molecule has 0 bridgehead atoms. The van der Waals surface area contributed by atoms with Crippen LogP contribution in [-0.2, 0) is 4.79 Å². The number of carbonyl (C=O) groups excluding carboxylic acids is 2. The zero-order valence-electron chi connectivity index (χ0n) is 12.6. The standard InChI is InChI=1S/C17H15ClFN3O2/c18-11-5-7-13(8-6-11)22-10-12(9-16(22)23)20-17(24)21-15-4-2-1-3-14(15)19/h1-8,12H,9-10H2,(H2,20,21,24)/t12-/m0/s1. The quantitative estimate of drug-likeness (QED) is 0.893. The second-order valence-corrected chi connectivity index (χ2v) is 5.90. The van der Waals surface area contributed by atoms with Gasteiger partial charge in [-0.3, -0.25) is 4.79 Å². The van der Waals surface area contributed by atoms with Crippen molar-refractivity contribution in [3.63, 3.8) is 0 Å². The lowest BCUT2D eigenvalue weighted by atomic mass is 10.2. The molecule has 1 fully saturated rings. The van der Waals surface area contributed by atoms with Gasteiger partial charge in [0.1, 0.15) is 5.82 Å². The Morgan fingerprint density at radius 1 is 1.17 bits per heavy atom. The van der Waals surface area contributed by atoms with Crippen LogP contribution in [0.3, 0.4) is 0 Å². The number of hydrogen-bond acceptors (Lipinski definition) is 2. The van der Waals surface area contributed by atoms with Crippen molar-refractivity contribution in [2.24, 2.45) is 0 Å². The topological polar surface area (TPSA) is 61.4 Å². The summed E-state index contributed by atoms with van der Waals surface area (Å²) < 4.78 is 13.5. The molecule has 2 N–H and O–H groups in total. The van der Waals surface area contributed by atoms with Gasteiger partial charge in [-0.05, 0) is 36.4 Å². The summed E-state index contributed by atoms with van der Waals surface area (Å²) in [5, 5.41) is 5.72. The summed E-state index contributed by atoms with van der Waals surface area (Å²) in [5.41, 5.74) is 0.817. The molecule has 124 valence electrons. The third kappa shape index (κ3) is 3.65. The first-order chi connectivity index (χ1) is 11.5. The molecule has 0 aliphatic carbocycles. The highest BCUT2D eigenvalue weighted by Crippen LogP contribution is 2.23. The van der Waals surface area contributed by atoms with Crippen LogP contribution in [0.4, 0.5) is 20.6 Å². The third-order valence-electron chi connectivity index (χ3n) is 3.72. The Morgan fingerprint density at radius 3 is 2.58 bits per heavy atom. The van der Waals surface area contributed by atoms with Gasteiger partial charge in [-0.2, -0.15) is 0 Å². The lowest BCUT2D eigenvalue weighted by molar-refractivity contribution is -0.117. The lowest BCUT2D eigenvalue weighted by Gasteiger charge is -2.17. The Morgan fingerprint density at radius 2 is 1.88 bits per heavy atom. The van der Waals surface area contributed by atoms with Crippen molar-refractivity contribution in [3.05, 3.63) is 59.4 Å². The van der Waals surface area contributed by atoms with E-state index in [9.17, 15) is 14.0 Å². The smallest absolute Gasteiger partial charge is 0.319 e. The number of benzene rings is 2. The van der Waals surface area contributed by atoms with Crippen LogP contribution in [0.25, 0.3) is 0 Å². The molecule has 1 aliphatic rings. The first-order valence-corrected chi connectivity index (χ1v) is 7.79. The van der Waals surface area contributed by atoms with E-state index in [1.54, 1.807) is 35.2 Å². The van der Waals surface area contributed by atoms with Crippen molar-refractivity contribution in [2.45, 2.75) is 12.5 Å². The molecule has 0 unspecified atom stereocenters. The van der Waals surface area contributed by atoms with Gasteiger partial charge < -0.3 is 15.5 Å². The predicted octanol–water partition coefficient (Wildman–Crippen LogP) is 3.41. The number of halogens is 2. The van der Waals surface area contributed by atoms with E-state index in [-0.39, 0.29) is 24.1 Å². The van der Waals surface area contributed by atoms with Gasteiger partial charge in [-0.25, -0.2) is 9.18 Å². The van der Waals surface area contributed by atoms with Gasteiger partial charge in [0.2, 0.25) is 5.91 Å². The average Bonchev–Trinajstić information content (AvgIpc) is 2.90. The summed E-state index contributed by atoms with van der Waals surface area (Å²) in [6.07, 6.45) is 0.188. The van der Waals surface area contributed by atoms with E-state index in [4.69, 9.17) is 11.6 Å². The number of amides is 3. The molecule has 0 radical (unpaired) electrons. The van der Waals surface area contributed by atoms with Gasteiger partial charge >= 0.3 is 6.03 Å². The normalized spacial score (nSPS) is 17.0. The number of nitrogens with zero attached hydrogens (tertiary/aromatic N) is 1. The molecule has 3 rings (SSSR count). The molecule has 1 aliphatic heterocycles. The van der Waals surface area contributed by atoms with Crippen molar-refractivity contribution in [1.82, 2.24) is 5.32 Å². The molecule has 2 aromatic rings. The highest BCUT2D eigenvalue weighted by Gasteiger charge is 2.31. The van der Waals surface area contributed by atoms with Gasteiger partial charge in [0.15, 0.2) is 0 Å². The van der Waals surface area contributed by atoms with E-state index in [1.807, 2.05) is 0 Å². The molecule has 0 spiro atoms. The van der Waals surface area contributed by atoms with Crippen molar-refractivity contribution in [1.29, 1.82) is 0 Å². The molecule has 7 heteroatoms. The molecule has 1 atom stereocenters. The highest BCUT2D eigenvalue weighted by atomic mass is 35.5. The van der Waals surface area contributed by atoms with Gasteiger partial charge in [0, 0.05) is 23.7 Å². The van der Waals surface area contributed by atoms with Crippen LogP contribution in [0.2, 0.25) is 5.02 Å². The fraction of sp³-hybridized carbons (Fsp3) is 0.176. The number of urea groups is 1. The highest BCUT2D eigenvalue weighted by molar-refractivity contribution is 6.30. The molecule has 24 heavy (non-hydrogen) atoms. The minimum Gasteiger partial charge on any atom is -0.333 e. The second-order valence-electron chi connectivity index (χ2n) is 5.46. The molecule has 1 heterocycles. The van der Waals surface area contributed by atoms with Crippen molar-refractivity contribution < 1.29 is 14.0 Å². The summed E-state index contributed by atoms with van der Waals surface area (Å²) in [6, 6.07) is 11.9. The van der Waals surface area contributed by atoms with Gasteiger partial charge in [-0.1, -0.05) is 23.7 Å². The second kappa shape index (κ2) is 6.88. The minimum absolute atomic E-state index is 0.0893. The van der Waals surface area contributed by atoms with Crippen molar-refractivity contribution in [3.8, 4) is 0 Å². The number of carbonyl (C=O) groups is 2. The molecule has 1 saturated heterocycles. The molecular weight excluding hydrogens is 333 g/mol. The van der Waals surface area contributed by atoms with Crippen LogP contribution in [0.15, 0.2) is 48.5 Å². The fourth-order valence-corrected chi connectivity index (χ4v) is 2.71. The number of hydrogen-bond donors (Lipinski definition) is 2. The monoisotopic (exact) mass is 347 g/mol. The first kappa shape index (κ1) is 16.3. The van der Waals surface area contributed by atoms with E-state index in [0.29, 0.717) is 11.6 Å². The largest absolute Gasteiger partial charge is 0.333 e. The van der Waals surface area contributed by atoms with E-state index < -0.39 is 11.8 Å². The Balaban J connectivity index is 1.61. The zero-order valence-corrected chi connectivity index (χ0v) is 13.4. The number of anilines is 2. The minimum atomic E-state index is -0.546. The van der Waals surface area contributed by atoms with Gasteiger partial charge in [0.05, 0.1) is 11.7 Å². The molecule has 0 aromatic heterocycles. The van der Waals surface area contributed by atoms with E-state index in [2.05, 4.69) is 10.6 Å². The number of para-hydroxylation sites is 1. The van der Waals surface area contributed by atoms with Gasteiger partial charge in [-0.15, -0.1) is 0 Å². The molecule has 5 nitrogen and oxygen atoms in total. The third-order valence-corrected chi connectivity index (χ3v) is 3.97. The van der Waals surface area contributed by atoms with Crippen LogP contribution in [0.5, 0.6) is 0 Å². The fourth-order valence-electron chi connectivity index (χ4n) is 2.58. The maximum atomic E-state index is 13.5. The van der Waals surface area contributed by atoms with Crippen LogP contribution >= 0.6 is 11.6 Å². The molecule has 2 aromatic carbocycles. The molecule has 3 amide bonds. The van der Waals surface area contributed by atoms with Crippen LogP contribution in [0.1, 0.15) is 6.42 Å². The van der Waals surface area contributed by atoms with Crippen LogP contribution in [0, 0.1) is 5.82 Å². The summed E-state index contributed by atoms with van der Waals surface area (Å²) in [7, 11) is 0. The molecule has 0 saturated carbocycles. The van der Waals surface area contributed by atoms with E-state index in [0.717, 1.165) is 5.69 Å². The predicted molar refractivity (Wildman–Crippen MR) is 90.8 cm³/mol. The zero-order chi connectivity index (χ0) is 17.1. The summed E-state index contributed by atoms with van der Waals surface area (Å²) in [4.78, 5) is 25.7. The SMILES string of the molecule is O=C(Nc1ccccc1F)N[C@H]1CC(=O)N(c2ccc(Cl)cc2)C1. The van der Waals surface area contributed by atoms with Crippen molar-refractivity contribution in [2.75, 3.05) is 16.8 Å². The Bertz CT molecular complexity index is 767. The van der Waals surface area contributed by atoms with E-state index in [1.165, 1.54) is 18.2 Å². The Hall–Kier alpha value is -2.60. The molecular formula is C17H15ClFN3O2. The summed E-state index contributed by atoms with van der Waals surface area (Å²) in [6.45, 7) is 0.352. The Labute approximate surface area is 143 Å². The van der Waals surface area contributed by atoms with Crippen LogP contribution < -0.4 is 15.5 Å².